The molecule has 2 unspecified atom stereocenters. The Balaban J connectivity index is -0.000000500. The monoisotopic (exact) mass is 260 g/mol. The van der Waals surface area contributed by atoms with Crippen molar-refractivity contribution in [3.8, 4) is 0 Å². The number of nitrogens with zero attached hydrogens (tertiary/aromatic N) is 2. The van der Waals surface area contributed by atoms with Crippen LogP contribution in [0.5, 0.6) is 0 Å². The molecule has 0 aromatic heterocycles. The summed E-state index contributed by atoms with van der Waals surface area (Å²) in [6, 6.07) is 0.468. The smallest absolute Gasteiger partial charge is 0.678 e. The first-order valence-corrected chi connectivity index (χ1v) is 4.61. The van der Waals surface area contributed by atoms with Crippen molar-refractivity contribution in [1.29, 1.82) is 0 Å². The first-order chi connectivity index (χ1) is 5.24. The van der Waals surface area contributed by atoms with Crippen molar-refractivity contribution in [3.63, 3.8) is 0 Å². The molecule has 76 valence electrons. The molecule has 0 aromatic rings. The second-order valence-electron chi connectivity index (χ2n) is 2.79. The molecule has 0 radical (unpaired) electrons. The Hall–Kier alpha value is 1.02. The maximum atomic E-state index is 4.54. The van der Waals surface area contributed by atoms with Gasteiger partial charge in [0.1, 0.15) is 0 Å². The molecule has 13 heavy (non-hydrogen) atoms. The quantitative estimate of drug-likeness (QED) is 0.651. The van der Waals surface area contributed by atoms with E-state index in [1.165, 1.54) is 0 Å². The summed E-state index contributed by atoms with van der Waals surface area (Å²) in [5.74, 6) is 0. The van der Waals surface area contributed by atoms with Crippen molar-refractivity contribution in [2.24, 2.45) is 0 Å². The Bertz CT molecular complexity index is 89.0. The van der Waals surface area contributed by atoms with Gasteiger partial charge in [-0.3, -0.25) is 0 Å². The predicted molar refractivity (Wildman–Crippen MR) is 57.5 cm³/mol. The minimum atomic E-state index is 0. The van der Waals surface area contributed by atoms with Gasteiger partial charge in [0.25, 0.3) is 0 Å². The fourth-order valence-electron chi connectivity index (χ4n) is 0.892. The molecule has 2 nitrogen and oxygen atoms in total. The molecule has 2 atom stereocenters. The zero-order valence-electron chi connectivity index (χ0n) is 9.75. The molecule has 0 spiro atoms. The molecule has 0 fully saturated rings. The minimum Gasteiger partial charge on any atom is -0.678 e. The number of hydrogen-bond donors (Lipinski definition) is 0. The van der Waals surface area contributed by atoms with Crippen LogP contribution in [-0.2, 0) is 32.7 Å². The minimum absolute atomic E-state index is 0. The van der Waals surface area contributed by atoms with Crippen molar-refractivity contribution < 1.29 is 32.7 Å². The standard InChI is InChI=1S/C9H20N2.CH3.Y/c1-5-8(4)11-9(6-2)10-7-3;;/h8-9H,5-7H2,1-4H3;1H3;/q-2;-1;+3. The summed E-state index contributed by atoms with van der Waals surface area (Å²) < 4.78 is 0. The summed E-state index contributed by atoms with van der Waals surface area (Å²) in [6.45, 7) is 9.39. The van der Waals surface area contributed by atoms with E-state index in [1.807, 2.05) is 0 Å². The van der Waals surface area contributed by atoms with E-state index in [0.29, 0.717) is 6.04 Å². The van der Waals surface area contributed by atoms with Crippen LogP contribution in [-0.4, -0.2) is 18.8 Å². The topological polar surface area (TPSA) is 28.2 Å². The van der Waals surface area contributed by atoms with Crippen molar-refractivity contribution >= 4 is 0 Å². The largest absolute Gasteiger partial charge is 3.00 e. The van der Waals surface area contributed by atoms with E-state index in [9.17, 15) is 0 Å². The fraction of sp³-hybridized carbons (Fsp3) is 0.900. The second kappa shape index (κ2) is 13.0. The summed E-state index contributed by atoms with van der Waals surface area (Å²) in [4.78, 5) is 0. The molecule has 0 heterocycles. The molecule has 0 amide bonds. The van der Waals surface area contributed by atoms with Gasteiger partial charge in [0.2, 0.25) is 0 Å². The average molecular weight is 260 g/mol. The van der Waals surface area contributed by atoms with Gasteiger partial charge in [-0.2, -0.15) is 6.54 Å². The Morgan fingerprint density at radius 2 is 1.62 bits per heavy atom. The van der Waals surface area contributed by atoms with E-state index < -0.39 is 0 Å². The summed E-state index contributed by atoms with van der Waals surface area (Å²) in [6.07, 6.45) is 2.41. The first kappa shape index (κ1) is 19.6. The van der Waals surface area contributed by atoms with Crippen LogP contribution in [0.1, 0.15) is 40.5 Å². The van der Waals surface area contributed by atoms with Gasteiger partial charge in [-0.25, -0.2) is 6.17 Å². The maximum Gasteiger partial charge on any atom is 3.00 e. The van der Waals surface area contributed by atoms with Gasteiger partial charge in [0.05, 0.1) is 0 Å². The Labute approximate surface area is 110 Å². The van der Waals surface area contributed by atoms with E-state index in [-0.39, 0.29) is 46.3 Å². The van der Waals surface area contributed by atoms with Gasteiger partial charge in [-0.05, 0) is 0 Å². The summed E-state index contributed by atoms with van der Waals surface area (Å²) in [7, 11) is 0. The van der Waals surface area contributed by atoms with E-state index in [1.54, 1.807) is 0 Å². The Morgan fingerprint density at radius 3 is 1.92 bits per heavy atom. The molecule has 0 saturated heterocycles. The van der Waals surface area contributed by atoms with Gasteiger partial charge in [0.15, 0.2) is 0 Å². The maximum absolute atomic E-state index is 4.54. The average Bonchev–Trinajstić information content (AvgIpc) is 2.03. The summed E-state index contributed by atoms with van der Waals surface area (Å²) in [5, 5.41) is 8.90. The molecule has 0 aliphatic heterocycles. The molecular weight excluding hydrogens is 237 g/mol. The van der Waals surface area contributed by atoms with E-state index >= 15 is 0 Å². The normalized spacial score (nSPS) is 13.8. The number of hydrogen-bond acceptors (Lipinski definition) is 0. The SMILES string of the molecule is CC[N-]C(CC)[N-]C(C)CC.[CH3-].[Y+3]. The number of rotatable bonds is 6. The molecule has 0 bridgehead atoms. The van der Waals surface area contributed by atoms with Crippen LogP contribution < -0.4 is 0 Å². The molecule has 0 aromatic carbocycles. The van der Waals surface area contributed by atoms with E-state index in [4.69, 9.17) is 0 Å². The third-order valence-electron chi connectivity index (χ3n) is 1.78. The zero-order chi connectivity index (χ0) is 8.69. The predicted octanol–water partition coefficient (Wildman–Crippen LogP) is 3.74. The molecule has 0 aliphatic rings. The molecular formula is C10H23N2Y. The van der Waals surface area contributed by atoms with Crippen molar-refractivity contribution in [1.82, 2.24) is 0 Å². The van der Waals surface area contributed by atoms with Crippen molar-refractivity contribution in [3.05, 3.63) is 18.1 Å². The Morgan fingerprint density at radius 1 is 1.08 bits per heavy atom. The molecule has 0 saturated carbocycles. The molecule has 0 rings (SSSR count). The van der Waals surface area contributed by atoms with Crippen molar-refractivity contribution in [2.45, 2.75) is 52.7 Å². The zero-order valence-corrected chi connectivity index (χ0v) is 12.6. The van der Waals surface area contributed by atoms with Crippen molar-refractivity contribution in [2.75, 3.05) is 6.54 Å². The van der Waals surface area contributed by atoms with Crippen LogP contribution in [0.3, 0.4) is 0 Å². The van der Waals surface area contributed by atoms with Crippen LogP contribution in [0.15, 0.2) is 0 Å². The van der Waals surface area contributed by atoms with Gasteiger partial charge in [-0.15, -0.1) is 6.04 Å². The Kier molecular flexibility index (Phi) is 19.6. The van der Waals surface area contributed by atoms with Crippen LogP contribution in [0.4, 0.5) is 0 Å². The molecule has 3 heteroatoms. The third-order valence-corrected chi connectivity index (χ3v) is 1.78. The summed E-state index contributed by atoms with van der Waals surface area (Å²) in [5.41, 5.74) is 0. The van der Waals surface area contributed by atoms with Gasteiger partial charge in [0, 0.05) is 0 Å². The first-order valence-electron chi connectivity index (χ1n) is 4.61. The van der Waals surface area contributed by atoms with Gasteiger partial charge < -0.3 is 18.1 Å². The van der Waals surface area contributed by atoms with Gasteiger partial charge in [-0.1, -0.05) is 40.5 Å². The van der Waals surface area contributed by atoms with Crippen LogP contribution in [0, 0.1) is 7.43 Å². The second-order valence-corrected chi connectivity index (χ2v) is 2.79. The van der Waals surface area contributed by atoms with E-state index in [2.05, 4.69) is 38.3 Å². The van der Waals surface area contributed by atoms with E-state index in [0.717, 1.165) is 19.4 Å². The molecule has 0 aliphatic carbocycles. The third kappa shape index (κ3) is 10.9. The summed E-state index contributed by atoms with van der Waals surface area (Å²) >= 11 is 0. The fourth-order valence-corrected chi connectivity index (χ4v) is 0.892. The molecule has 0 N–H and O–H groups in total. The van der Waals surface area contributed by atoms with Crippen LogP contribution in [0.25, 0.3) is 10.6 Å². The van der Waals surface area contributed by atoms with Crippen LogP contribution in [0.2, 0.25) is 0 Å². The van der Waals surface area contributed by atoms with Gasteiger partial charge >= 0.3 is 32.7 Å². The van der Waals surface area contributed by atoms with Crippen LogP contribution >= 0.6 is 0 Å².